The Balaban J connectivity index is 2.13. The van der Waals surface area contributed by atoms with Crippen molar-refractivity contribution in [3.63, 3.8) is 0 Å². The van der Waals surface area contributed by atoms with Gasteiger partial charge >= 0.3 is 11.2 Å². The van der Waals surface area contributed by atoms with Gasteiger partial charge in [-0.1, -0.05) is 68.0 Å². The van der Waals surface area contributed by atoms with E-state index < -0.39 is 16.2 Å². The second kappa shape index (κ2) is 5.64. The number of benzene rings is 1. The van der Waals surface area contributed by atoms with E-state index in [-0.39, 0.29) is 15.5 Å². The van der Waals surface area contributed by atoms with Crippen molar-refractivity contribution in [3.8, 4) is 10.6 Å². The summed E-state index contributed by atoms with van der Waals surface area (Å²) in [6.45, 7) is 6.36. The van der Waals surface area contributed by atoms with E-state index in [4.69, 9.17) is 11.6 Å². The average molecular weight is 365 g/mol. The lowest BCUT2D eigenvalue weighted by molar-refractivity contribution is -0.386. The molecule has 0 spiro atoms. The fraction of sp³-hybridized carbons (Fsp3) is 0.267. The van der Waals surface area contributed by atoms with Crippen LogP contribution in [0.2, 0.25) is 5.15 Å². The number of rotatable bonds is 2. The minimum absolute atomic E-state index is 0.0316. The highest BCUT2D eigenvalue weighted by Gasteiger charge is 2.24. The van der Waals surface area contributed by atoms with Crippen LogP contribution in [0.15, 0.2) is 29.1 Å². The Bertz CT molecular complexity index is 1000. The normalized spacial score (nSPS) is 11.8. The molecule has 3 aromatic rings. The predicted octanol–water partition coefficient (Wildman–Crippen LogP) is 3.68. The predicted molar refractivity (Wildman–Crippen MR) is 92.9 cm³/mol. The molecule has 0 aliphatic heterocycles. The Kier molecular flexibility index (Phi) is 3.89. The molecule has 0 unspecified atom stereocenters. The van der Waals surface area contributed by atoms with Gasteiger partial charge in [0.2, 0.25) is 10.1 Å². The van der Waals surface area contributed by atoms with Crippen LogP contribution in [0.4, 0.5) is 5.69 Å². The first-order valence-corrected chi connectivity index (χ1v) is 8.22. The Morgan fingerprint density at radius 2 is 1.88 bits per heavy atom. The maximum atomic E-state index is 11.7. The van der Waals surface area contributed by atoms with E-state index in [2.05, 4.69) is 30.9 Å². The largest absolute Gasteiger partial charge is 0.372 e. The van der Waals surface area contributed by atoms with E-state index >= 15 is 0 Å². The summed E-state index contributed by atoms with van der Waals surface area (Å²) in [5, 5.41) is 15.4. The summed E-state index contributed by atoms with van der Waals surface area (Å²) in [5.41, 5.74) is 0.291. The number of aromatic nitrogens is 3. The van der Waals surface area contributed by atoms with Gasteiger partial charge in [-0.2, -0.15) is 14.6 Å². The SMILES string of the molecule is CC(C)(C)c1ccc(-c2nn3c(Cl)c([N+](=O)[O-])c(=O)nc3s2)cc1. The van der Waals surface area contributed by atoms with Gasteiger partial charge < -0.3 is 0 Å². The molecule has 0 atom stereocenters. The molecule has 1 aromatic carbocycles. The van der Waals surface area contributed by atoms with Crippen molar-refractivity contribution >= 4 is 33.6 Å². The standard InChI is InChI=1S/C15H13ClN4O3S/c1-15(2,3)9-6-4-8(5-7-9)13-18-19-11(16)10(20(22)23)12(21)17-14(19)24-13/h4-7H,1-3H3. The van der Waals surface area contributed by atoms with E-state index in [1.54, 1.807) is 0 Å². The fourth-order valence-electron chi connectivity index (χ4n) is 2.19. The van der Waals surface area contributed by atoms with Crippen LogP contribution in [0.25, 0.3) is 15.5 Å². The van der Waals surface area contributed by atoms with E-state index in [9.17, 15) is 14.9 Å². The molecule has 0 radical (unpaired) electrons. The van der Waals surface area contributed by atoms with Crippen molar-refractivity contribution < 1.29 is 4.92 Å². The molecule has 0 bridgehead atoms. The number of nitro groups is 1. The Morgan fingerprint density at radius 1 is 1.25 bits per heavy atom. The van der Waals surface area contributed by atoms with Gasteiger partial charge in [-0.25, -0.2) is 0 Å². The zero-order valence-corrected chi connectivity index (χ0v) is 14.7. The van der Waals surface area contributed by atoms with E-state index in [1.165, 1.54) is 5.56 Å². The summed E-state index contributed by atoms with van der Waals surface area (Å²) in [6, 6.07) is 7.84. The first-order valence-electron chi connectivity index (χ1n) is 7.03. The molecule has 124 valence electrons. The second-order valence-corrected chi connectivity index (χ2v) is 7.56. The Morgan fingerprint density at radius 3 is 2.42 bits per heavy atom. The van der Waals surface area contributed by atoms with Gasteiger partial charge in [0.15, 0.2) is 0 Å². The third-order valence-corrected chi connectivity index (χ3v) is 4.82. The molecule has 0 fully saturated rings. The van der Waals surface area contributed by atoms with E-state index in [0.717, 1.165) is 21.4 Å². The van der Waals surface area contributed by atoms with E-state index in [0.29, 0.717) is 5.01 Å². The van der Waals surface area contributed by atoms with Gasteiger partial charge in [0.25, 0.3) is 0 Å². The topological polar surface area (TPSA) is 90.4 Å². The summed E-state index contributed by atoms with van der Waals surface area (Å²) < 4.78 is 1.12. The number of hydrogen-bond donors (Lipinski definition) is 0. The highest BCUT2D eigenvalue weighted by atomic mass is 35.5. The third-order valence-electron chi connectivity index (χ3n) is 3.52. The Labute approximate surface area is 145 Å². The zero-order chi connectivity index (χ0) is 17.6. The van der Waals surface area contributed by atoms with Crippen molar-refractivity contribution in [1.82, 2.24) is 14.6 Å². The smallest absolute Gasteiger partial charge is 0.259 e. The van der Waals surface area contributed by atoms with Gasteiger partial charge in [-0.3, -0.25) is 14.9 Å². The van der Waals surface area contributed by atoms with Crippen LogP contribution in [-0.4, -0.2) is 19.5 Å². The van der Waals surface area contributed by atoms with Gasteiger partial charge in [0, 0.05) is 5.56 Å². The molecule has 2 heterocycles. The molecular formula is C15H13ClN4O3S. The summed E-state index contributed by atoms with van der Waals surface area (Å²) in [6.07, 6.45) is 0. The van der Waals surface area contributed by atoms with Crippen molar-refractivity contribution in [3.05, 3.63) is 55.5 Å². The minimum Gasteiger partial charge on any atom is -0.259 e. The summed E-state index contributed by atoms with van der Waals surface area (Å²) >= 11 is 7.10. The highest BCUT2D eigenvalue weighted by molar-refractivity contribution is 7.19. The molecule has 9 heteroatoms. The average Bonchev–Trinajstić information content (AvgIpc) is 2.90. The second-order valence-electron chi connectivity index (χ2n) is 6.24. The molecule has 0 aliphatic rings. The first-order chi connectivity index (χ1) is 11.2. The first kappa shape index (κ1) is 16.5. The Hall–Kier alpha value is -2.32. The number of hydrogen-bond acceptors (Lipinski definition) is 6. The quantitative estimate of drug-likeness (QED) is 0.393. The molecule has 3 rings (SSSR count). The van der Waals surface area contributed by atoms with Crippen molar-refractivity contribution in [1.29, 1.82) is 0 Å². The van der Waals surface area contributed by atoms with Crippen LogP contribution >= 0.6 is 22.9 Å². The van der Waals surface area contributed by atoms with Crippen molar-refractivity contribution in [2.24, 2.45) is 0 Å². The number of halogens is 1. The highest BCUT2D eigenvalue weighted by Crippen LogP contribution is 2.30. The van der Waals surface area contributed by atoms with Gasteiger partial charge in [0.1, 0.15) is 5.01 Å². The maximum absolute atomic E-state index is 11.7. The molecule has 0 N–H and O–H groups in total. The fourth-order valence-corrected chi connectivity index (χ4v) is 3.41. The van der Waals surface area contributed by atoms with Crippen molar-refractivity contribution in [2.45, 2.75) is 26.2 Å². The number of nitrogens with zero attached hydrogens (tertiary/aromatic N) is 4. The van der Waals surface area contributed by atoms with Crippen LogP contribution in [0, 0.1) is 10.1 Å². The molecule has 24 heavy (non-hydrogen) atoms. The van der Waals surface area contributed by atoms with Crippen molar-refractivity contribution in [2.75, 3.05) is 0 Å². The minimum atomic E-state index is -0.969. The van der Waals surface area contributed by atoms with E-state index in [1.807, 2.05) is 24.3 Å². The van der Waals surface area contributed by atoms with Crippen LogP contribution in [0.1, 0.15) is 26.3 Å². The molecular weight excluding hydrogens is 352 g/mol. The van der Waals surface area contributed by atoms with Gasteiger partial charge in [-0.05, 0) is 11.0 Å². The molecule has 0 saturated carbocycles. The molecule has 2 aromatic heterocycles. The summed E-state index contributed by atoms with van der Waals surface area (Å²) in [5.74, 6) is 0. The van der Waals surface area contributed by atoms with Crippen LogP contribution < -0.4 is 5.56 Å². The zero-order valence-electron chi connectivity index (χ0n) is 13.1. The molecule has 7 nitrogen and oxygen atoms in total. The lowest BCUT2D eigenvalue weighted by atomic mass is 9.87. The van der Waals surface area contributed by atoms with Gasteiger partial charge in [-0.15, -0.1) is 0 Å². The summed E-state index contributed by atoms with van der Waals surface area (Å²) in [4.78, 5) is 25.7. The number of fused-ring (bicyclic) bond motifs is 1. The monoisotopic (exact) mass is 364 g/mol. The van der Waals surface area contributed by atoms with Crippen LogP contribution in [0.5, 0.6) is 0 Å². The van der Waals surface area contributed by atoms with Crippen LogP contribution in [-0.2, 0) is 5.41 Å². The lowest BCUT2D eigenvalue weighted by Gasteiger charge is -2.18. The molecule has 0 saturated heterocycles. The third kappa shape index (κ3) is 2.78. The molecule has 0 amide bonds. The van der Waals surface area contributed by atoms with Crippen LogP contribution in [0.3, 0.4) is 0 Å². The molecule has 0 aliphatic carbocycles. The summed E-state index contributed by atoms with van der Waals surface area (Å²) in [7, 11) is 0. The van der Waals surface area contributed by atoms with Gasteiger partial charge in [0.05, 0.1) is 4.92 Å². The maximum Gasteiger partial charge on any atom is 0.372 e. The lowest BCUT2D eigenvalue weighted by Crippen LogP contribution is -2.14.